The van der Waals surface area contributed by atoms with Gasteiger partial charge in [-0.05, 0) is 41.2 Å². The fourth-order valence-corrected chi connectivity index (χ4v) is 2.54. The molecule has 2 heteroatoms. The van der Waals surface area contributed by atoms with Crippen LogP contribution in [0.5, 0.6) is 0 Å². The number of aliphatic hydroxyl groups is 1. The highest BCUT2D eigenvalue weighted by molar-refractivity contribution is 6.31. The zero-order chi connectivity index (χ0) is 14.7. The van der Waals surface area contributed by atoms with Gasteiger partial charge in [0.15, 0.2) is 0 Å². The van der Waals surface area contributed by atoms with E-state index < -0.39 is 6.10 Å². The van der Waals surface area contributed by atoms with E-state index in [1.54, 1.807) is 0 Å². The first-order chi connectivity index (χ1) is 9.49. The minimum atomic E-state index is -0.515. The van der Waals surface area contributed by atoms with Crippen molar-refractivity contribution < 1.29 is 5.11 Å². The number of aliphatic hydroxyl groups excluding tert-OH is 1. The lowest BCUT2D eigenvalue weighted by Crippen LogP contribution is -2.04. The highest BCUT2D eigenvalue weighted by atomic mass is 35.5. The summed E-state index contributed by atoms with van der Waals surface area (Å²) in [6.45, 7) is 6.31. The van der Waals surface area contributed by atoms with Crippen molar-refractivity contribution in [3.8, 4) is 0 Å². The lowest BCUT2D eigenvalue weighted by Gasteiger charge is -2.15. The molecule has 0 spiro atoms. The molecular formula is C18H21ClO. The quantitative estimate of drug-likeness (QED) is 0.835. The topological polar surface area (TPSA) is 20.2 Å². The standard InChI is InChI=1S/C18H21ClO/c1-12(2)15-9-7-14(8-10-15)11-18(20)16-5-4-6-17(19)13(16)3/h4-10,12,18,20H,11H2,1-3H3. The fraction of sp³-hybridized carbons (Fsp3) is 0.333. The van der Waals surface area contributed by atoms with Crippen molar-refractivity contribution in [3.63, 3.8) is 0 Å². The molecule has 0 aromatic heterocycles. The summed E-state index contributed by atoms with van der Waals surface area (Å²) in [5.41, 5.74) is 4.33. The second-order valence-electron chi connectivity index (χ2n) is 5.57. The molecule has 0 radical (unpaired) electrons. The van der Waals surface area contributed by atoms with Crippen molar-refractivity contribution in [2.45, 2.75) is 39.2 Å². The SMILES string of the molecule is Cc1c(Cl)cccc1C(O)Cc1ccc(C(C)C)cc1. The van der Waals surface area contributed by atoms with E-state index in [2.05, 4.69) is 38.1 Å². The molecule has 1 unspecified atom stereocenters. The Hall–Kier alpha value is -1.31. The van der Waals surface area contributed by atoms with Gasteiger partial charge in [-0.25, -0.2) is 0 Å². The average molecular weight is 289 g/mol. The van der Waals surface area contributed by atoms with Crippen molar-refractivity contribution in [2.24, 2.45) is 0 Å². The Kier molecular flexibility index (Phi) is 4.85. The number of hydrogen-bond donors (Lipinski definition) is 1. The summed E-state index contributed by atoms with van der Waals surface area (Å²) in [5, 5.41) is 11.1. The molecule has 0 heterocycles. The summed E-state index contributed by atoms with van der Waals surface area (Å²) in [6.07, 6.45) is 0.0955. The molecule has 106 valence electrons. The van der Waals surface area contributed by atoms with Crippen molar-refractivity contribution in [2.75, 3.05) is 0 Å². The molecule has 0 saturated carbocycles. The van der Waals surface area contributed by atoms with Gasteiger partial charge in [0, 0.05) is 11.4 Å². The lowest BCUT2D eigenvalue weighted by molar-refractivity contribution is 0.177. The van der Waals surface area contributed by atoms with Crippen LogP contribution in [-0.2, 0) is 6.42 Å². The van der Waals surface area contributed by atoms with Gasteiger partial charge < -0.3 is 5.11 Å². The first kappa shape index (κ1) is 15.1. The second-order valence-corrected chi connectivity index (χ2v) is 5.98. The largest absolute Gasteiger partial charge is 0.388 e. The van der Waals surface area contributed by atoms with E-state index in [0.29, 0.717) is 17.4 Å². The monoisotopic (exact) mass is 288 g/mol. The third-order valence-electron chi connectivity index (χ3n) is 3.74. The molecule has 0 amide bonds. The van der Waals surface area contributed by atoms with Crippen LogP contribution < -0.4 is 0 Å². The van der Waals surface area contributed by atoms with E-state index in [0.717, 1.165) is 16.7 Å². The molecule has 0 aliphatic heterocycles. The number of benzene rings is 2. The maximum Gasteiger partial charge on any atom is 0.0833 e. The summed E-state index contributed by atoms with van der Waals surface area (Å²) in [6, 6.07) is 14.1. The minimum Gasteiger partial charge on any atom is -0.388 e. The van der Waals surface area contributed by atoms with E-state index in [1.165, 1.54) is 5.56 Å². The molecule has 0 aliphatic rings. The summed E-state index contributed by atoms with van der Waals surface area (Å²) in [7, 11) is 0. The Morgan fingerprint density at radius 2 is 1.70 bits per heavy atom. The highest BCUT2D eigenvalue weighted by Gasteiger charge is 2.13. The number of hydrogen-bond acceptors (Lipinski definition) is 1. The van der Waals surface area contributed by atoms with Gasteiger partial charge in [-0.15, -0.1) is 0 Å². The van der Waals surface area contributed by atoms with E-state index in [4.69, 9.17) is 11.6 Å². The lowest BCUT2D eigenvalue weighted by atomic mass is 9.96. The molecule has 1 atom stereocenters. The predicted molar refractivity (Wildman–Crippen MR) is 85.4 cm³/mol. The normalized spacial score (nSPS) is 12.7. The predicted octanol–water partition coefficient (Wildman–Crippen LogP) is 5.05. The van der Waals surface area contributed by atoms with Gasteiger partial charge in [0.1, 0.15) is 0 Å². The summed E-state index contributed by atoms with van der Waals surface area (Å²) < 4.78 is 0. The van der Waals surface area contributed by atoms with Gasteiger partial charge >= 0.3 is 0 Å². The van der Waals surface area contributed by atoms with E-state index >= 15 is 0 Å². The van der Waals surface area contributed by atoms with Crippen LogP contribution in [-0.4, -0.2) is 5.11 Å². The molecule has 0 fully saturated rings. The molecular weight excluding hydrogens is 268 g/mol. The van der Waals surface area contributed by atoms with Gasteiger partial charge in [-0.1, -0.05) is 61.8 Å². The molecule has 1 N–H and O–H groups in total. The summed E-state index contributed by atoms with van der Waals surface area (Å²) in [4.78, 5) is 0. The van der Waals surface area contributed by atoms with Gasteiger partial charge in [0.25, 0.3) is 0 Å². The molecule has 2 rings (SSSR count). The van der Waals surface area contributed by atoms with Gasteiger partial charge in [-0.3, -0.25) is 0 Å². The Labute approximate surface area is 126 Å². The van der Waals surface area contributed by atoms with Crippen molar-refractivity contribution in [1.82, 2.24) is 0 Å². The van der Waals surface area contributed by atoms with Crippen LogP contribution >= 0.6 is 11.6 Å². The average Bonchev–Trinajstić information content (AvgIpc) is 2.42. The molecule has 0 saturated heterocycles. The van der Waals surface area contributed by atoms with Crippen LogP contribution in [0.4, 0.5) is 0 Å². The Balaban J connectivity index is 2.15. The summed E-state index contributed by atoms with van der Waals surface area (Å²) >= 11 is 6.11. The van der Waals surface area contributed by atoms with Gasteiger partial charge in [0.05, 0.1) is 6.10 Å². The van der Waals surface area contributed by atoms with Crippen LogP contribution in [0, 0.1) is 6.92 Å². The molecule has 2 aromatic rings. The Morgan fingerprint density at radius 3 is 2.30 bits per heavy atom. The maximum absolute atomic E-state index is 10.4. The van der Waals surface area contributed by atoms with Crippen LogP contribution in [0.1, 0.15) is 48.1 Å². The Bertz CT molecular complexity index is 572. The zero-order valence-electron chi connectivity index (χ0n) is 12.2. The third kappa shape index (κ3) is 3.41. The molecule has 20 heavy (non-hydrogen) atoms. The van der Waals surface area contributed by atoms with Crippen LogP contribution in [0.15, 0.2) is 42.5 Å². The molecule has 0 aliphatic carbocycles. The van der Waals surface area contributed by atoms with Crippen LogP contribution in [0.25, 0.3) is 0 Å². The molecule has 1 nitrogen and oxygen atoms in total. The van der Waals surface area contributed by atoms with Crippen LogP contribution in [0.3, 0.4) is 0 Å². The smallest absolute Gasteiger partial charge is 0.0833 e. The zero-order valence-corrected chi connectivity index (χ0v) is 13.0. The van der Waals surface area contributed by atoms with Crippen molar-refractivity contribution in [1.29, 1.82) is 0 Å². The molecule has 0 bridgehead atoms. The minimum absolute atomic E-state index is 0.515. The van der Waals surface area contributed by atoms with Gasteiger partial charge in [0.2, 0.25) is 0 Å². The van der Waals surface area contributed by atoms with E-state index in [1.807, 2.05) is 25.1 Å². The summed E-state index contributed by atoms with van der Waals surface area (Å²) in [5.74, 6) is 0.532. The first-order valence-corrected chi connectivity index (χ1v) is 7.38. The number of rotatable bonds is 4. The third-order valence-corrected chi connectivity index (χ3v) is 4.15. The maximum atomic E-state index is 10.4. The molecule has 2 aromatic carbocycles. The van der Waals surface area contributed by atoms with E-state index in [-0.39, 0.29) is 0 Å². The van der Waals surface area contributed by atoms with Crippen molar-refractivity contribution in [3.05, 3.63) is 69.7 Å². The van der Waals surface area contributed by atoms with Gasteiger partial charge in [-0.2, -0.15) is 0 Å². The van der Waals surface area contributed by atoms with Crippen molar-refractivity contribution >= 4 is 11.6 Å². The highest BCUT2D eigenvalue weighted by Crippen LogP contribution is 2.27. The van der Waals surface area contributed by atoms with Crippen LogP contribution in [0.2, 0.25) is 5.02 Å². The Morgan fingerprint density at radius 1 is 1.05 bits per heavy atom. The van der Waals surface area contributed by atoms with E-state index in [9.17, 15) is 5.11 Å². The fourth-order valence-electron chi connectivity index (χ4n) is 2.36. The number of halogens is 1. The first-order valence-electron chi connectivity index (χ1n) is 7.01. The second kappa shape index (κ2) is 6.43.